The van der Waals surface area contributed by atoms with Gasteiger partial charge in [-0.1, -0.05) is 18.2 Å². The fourth-order valence-corrected chi connectivity index (χ4v) is 6.42. The minimum atomic E-state index is -3.32. The quantitative estimate of drug-likeness (QED) is 0.605. The van der Waals surface area contributed by atoms with Gasteiger partial charge in [0, 0.05) is 24.6 Å². The van der Waals surface area contributed by atoms with Crippen LogP contribution in [-0.4, -0.2) is 30.3 Å². The van der Waals surface area contributed by atoms with Crippen molar-refractivity contribution >= 4 is 32.9 Å². The molecule has 1 heterocycles. The van der Waals surface area contributed by atoms with E-state index in [4.69, 9.17) is 0 Å². The fraction of sp³-hybridized carbons (Fsp3) is 0.423. The molecule has 3 aliphatic rings. The number of nitrogens with one attached hydrogen (secondary N) is 1. The molecule has 0 unspecified atom stereocenters. The number of nitrogens with zero attached hydrogens (tertiary/aromatic N) is 1. The van der Waals surface area contributed by atoms with Crippen LogP contribution >= 0.6 is 0 Å². The molecule has 2 aromatic rings. The van der Waals surface area contributed by atoms with Crippen molar-refractivity contribution in [3.63, 3.8) is 0 Å². The summed E-state index contributed by atoms with van der Waals surface area (Å²) in [6.07, 6.45) is 8.64. The minimum Gasteiger partial charge on any atom is -0.307 e. The van der Waals surface area contributed by atoms with E-state index < -0.39 is 9.84 Å². The summed E-state index contributed by atoms with van der Waals surface area (Å²) in [7, 11) is -3.32. The summed E-state index contributed by atoms with van der Waals surface area (Å²) < 4.78 is 26.0. The molecule has 172 valence electrons. The maximum absolute atomic E-state index is 13.3. The molecule has 1 N–H and O–H groups in total. The van der Waals surface area contributed by atoms with E-state index in [1.165, 1.54) is 0 Å². The first-order valence-electron chi connectivity index (χ1n) is 11.7. The van der Waals surface area contributed by atoms with E-state index >= 15 is 0 Å². The lowest BCUT2D eigenvalue weighted by Gasteiger charge is -2.15. The van der Waals surface area contributed by atoms with Crippen molar-refractivity contribution in [2.75, 3.05) is 5.32 Å². The summed E-state index contributed by atoms with van der Waals surface area (Å²) in [4.78, 5) is 29.9. The van der Waals surface area contributed by atoms with E-state index in [1.54, 1.807) is 24.4 Å². The molecule has 33 heavy (non-hydrogen) atoms. The van der Waals surface area contributed by atoms with Gasteiger partial charge in [-0.3, -0.25) is 9.59 Å². The number of carbonyl (C=O) groups is 2. The van der Waals surface area contributed by atoms with Gasteiger partial charge in [-0.05, 0) is 85.8 Å². The maximum Gasteiger partial charge on any atom is 0.257 e. The SMILES string of the molecule is Cc1ccc(NC(=O)/C(=C/[C@H]2CCC(=O)C2)c2ccc(S(=O)(=O)C3CC3)c(C3CC3)c2)nc1. The predicted molar refractivity (Wildman–Crippen MR) is 127 cm³/mol. The third-order valence-electron chi connectivity index (χ3n) is 6.69. The number of carbonyl (C=O) groups excluding carboxylic acids is 2. The summed E-state index contributed by atoms with van der Waals surface area (Å²) in [6.45, 7) is 1.93. The number of Topliss-reactive ketones (excluding diaryl/α,β-unsaturated/α-hetero) is 1. The molecule has 0 aliphatic heterocycles. The highest BCUT2D eigenvalue weighted by Crippen LogP contribution is 2.46. The number of aromatic nitrogens is 1. The Labute approximate surface area is 194 Å². The number of allylic oxidation sites excluding steroid dienone is 1. The number of aryl methyl sites for hydroxylation is 1. The lowest BCUT2D eigenvalue weighted by molar-refractivity contribution is -0.117. The minimum absolute atomic E-state index is 0.00322. The molecule has 3 fully saturated rings. The third kappa shape index (κ3) is 4.78. The Morgan fingerprint density at radius 2 is 1.88 bits per heavy atom. The van der Waals surface area contributed by atoms with Crippen LogP contribution in [0.3, 0.4) is 0 Å². The van der Waals surface area contributed by atoms with Crippen LogP contribution in [0.25, 0.3) is 5.57 Å². The zero-order valence-electron chi connectivity index (χ0n) is 18.7. The molecular weight excluding hydrogens is 436 g/mol. The number of sulfone groups is 1. The van der Waals surface area contributed by atoms with Crippen molar-refractivity contribution in [2.45, 2.75) is 67.9 Å². The Morgan fingerprint density at radius 3 is 2.48 bits per heavy atom. The Hall–Kier alpha value is -2.80. The highest BCUT2D eigenvalue weighted by atomic mass is 32.2. The van der Waals surface area contributed by atoms with Crippen LogP contribution in [0.2, 0.25) is 0 Å². The predicted octanol–water partition coefficient (Wildman–Crippen LogP) is 4.59. The molecule has 1 aromatic heterocycles. The average molecular weight is 465 g/mol. The Balaban J connectivity index is 1.52. The summed E-state index contributed by atoms with van der Waals surface area (Å²) in [5, 5.41) is 2.60. The molecule has 1 aromatic carbocycles. The smallest absolute Gasteiger partial charge is 0.257 e. The van der Waals surface area contributed by atoms with E-state index in [2.05, 4.69) is 10.3 Å². The molecule has 0 radical (unpaired) electrons. The Morgan fingerprint density at radius 1 is 1.09 bits per heavy atom. The summed E-state index contributed by atoms with van der Waals surface area (Å²) in [6, 6.07) is 8.94. The van der Waals surface area contributed by atoms with Gasteiger partial charge in [0.1, 0.15) is 11.6 Å². The fourth-order valence-electron chi connectivity index (χ4n) is 4.50. The van der Waals surface area contributed by atoms with Gasteiger partial charge in [0.2, 0.25) is 0 Å². The van der Waals surface area contributed by atoms with Crippen molar-refractivity contribution in [2.24, 2.45) is 5.92 Å². The van der Waals surface area contributed by atoms with Gasteiger partial charge in [-0.15, -0.1) is 0 Å². The topological polar surface area (TPSA) is 93.2 Å². The Bertz CT molecular complexity index is 1240. The number of amides is 1. The van der Waals surface area contributed by atoms with Gasteiger partial charge < -0.3 is 5.32 Å². The maximum atomic E-state index is 13.3. The van der Waals surface area contributed by atoms with E-state index in [1.807, 2.05) is 25.1 Å². The summed E-state index contributed by atoms with van der Waals surface area (Å²) in [5.74, 6) is 0.591. The second-order valence-corrected chi connectivity index (χ2v) is 11.8. The van der Waals surface area contributed by atoms with Crippen LogP contribution in [0, 0.1) is 12.8 Å². The van der Waals surface area contributed by atoms with Crippen LogP contribution in [0.5, 0.6) is 0 Å². The lowest BCUT2D eigenvalue weighted by Crippen LogP contribution is -2.16. The summed E-state index contributed by atoms with van der Waals surface area (Å²) >= 11 is 0. The molecule has 6 nitrogen and oxygen atoms in total. The largest absolute Gasteiger partial charge is 0.307 e. The highest BCUT2D eigenvalue weighted by molar-refractivity contribution is 7.92. The normalized spacial score (nSPS) is 21.3. The van der Waals surface area contributed by atoms with Crippen LogP contribution in [0.15, 0.2) is 47.5 Å². The highest BCUT2D eigenvalue weighted by Gasteiger charge is 2.40. The third-order valence-corrected chi connectivity index (χ3v) is 9.03. The molecular formula is C26H28N2O4S. The van der Waals surface area contributed by atoms with Crippen LogP contribution in [0.1, 0.15) is 67.6 Å². The van der Waals surface area contributed by atoms with Crippen molar-refractivity contribution in [1.82, 2.24) is 4.98 Å². The van der Waals surface area contributed by atoms with Gasteiger partial charge in [0.05, 0.1) is 10.1 Å². The van der Waals surface area contributed by atoms with Gasteiger partial charge in [-0.2, -0.15) is 0 Å². The molecule has 3 saturated carbocycles. The second-order valence-electron chi connectivity index (χ2n) is 9.57. The van der Waals surface area contributed by atoms with Gasteiger partial charge in [-0.25, -0.2) is 13.4 Å². The monoisotopic (exact) mass is 464 g/mol. The molecule has 0 saturated heterocycles. The number of ketones is 1. The molecule has 0 bridgehead atoms. The van der Waals surface area contributed by atoms with E-state index in [0.29, 0.717) is 34.7 Å². The van der Waals surface area contributed by atoms with Crippen LogP contribution in [-0.2, 0) is 19.4 Å². The number of rotatable bonds is 7. The number of benzene rings is 1. The zero-order valence-corrected chi connectivity index (χ0v) is 19.5. The molecule has 7 heteroatoms. The second kappa shape index (κ2) is 8.52. The first-order valence-corrected chi connectivity index (χ1v) is 13.2. The molecule has 3 aliphatic carbocycles. The first-order chi connectivity index (χ1) is 15.8. The van der Waals surface area contributed by atoms with E-state index in [0.717, 1.165) is 43.2 Å². The number of anilines is 1. The average Bonchev–Trinajstić information content (AvgIpc) is 3.70. The number of pyridine rings is 1. The standard InChI is InChI=1S/C26H28N2O4S/c1-16-2-11-25(27-15-16)28-26(30)23(13-17-3-7-20(29)12-17)19-6-10-24(22(14-19)18-4-5-18)33(31,32)21-8-9-21/h2,6,10-11,13-15,17-18,21H,3-5,7-9,12H2,1H3,(H,27,28,30)/b23-13+/t17-/m0/s1. The van der Waals surface area contributed by atoms with Gasteiger partial charge >= 0.3 is 0 Å². The van der Waals surface area contributed by atoms with E-state index in [-0.39, 0.29) is 28.8 Å². The molecule has 1 atom stereocenters. The summed E-state index contributed by atoms with van der Waals surface area (Å²) in [5.41, 5.74) is 2.98. The number of hydrogen-bond acceptors (Lipinski definition) is 5. The Kier molecular flexibility index (Phi) is 5.69. The zero-order chi connectivity index (χ0) is 23.2. The van der Waals surface area contributed by atoms with Gasteiger partial charge in [0.25, 0.3) is 5.91 Å². The van der Waals surface area contributed by atoms with Crippen molar-refractivity contribution in [3.8, 4) is 0 Å². The first kappa shape index (κ1) is 22.0. The molecule has 1 amide bonds. The number of hydrogen-bond donors (Lipinski definition) is 1. The van der Waals surface area contributed by atoms with Gasteiger partial charge in [0.15, 0.2) is 9.84 Å². The van der Waals surface area contributed by atoms with Crippen molar-refractivity contribution in [1.29, 1.82) is 0 Å². The van der Waals surface area contributed by atoms with Crippen LogP contribution < -0.4 is 5.32 Å². The van der Waals surface area contributed by atoms with E-state index in [9.17, 15) is 18.0 Å². The molecule has 0 spiro atoms. The van der Waals surface area contributed by atoms with Crippen LogP contribution in [0.4, 0.5) is 5.82 Å². The molecule has 5 rings (SSSR count). The van der Waals surface area contributed by atoms with Crippen molar-refractivity contribution < 1.29 is 18.0 Å². The van der Waals surface area contributed by atoms with Crippen molar-refractivity contribution in [3.05, 3.63) is 59.3 Å². The lowest BCUT2D eigenvalue weighted by atomic mass is 9.95.